The van der Waals surface area contributed by atoms with E-state index in [0.717, 1.165) is 18.5 Å². The Hall–Kier alpha value is -2.71. The predicted octanol–water partition coefficient (Wildman–Crippen LogP) is 4.20. The summed E-state index contributed by atoms with van der Waals surface area (Å²) in [5.74, 6) is -0.318. The van der Waals surface area contributed by atoms with Crippen molar-refractivity contribution in [1.82, 2.24) is 9.71 Å². The molecule has 1 atom stereocenters. The maximum atomic E-state index is 14.1. The van der Waals surface area contributed by atoms with Crippen molar-refractivity contribution in [3.8, 4) is 5.75 Å². The number of rotatable bonds is 6. The van der Waals surface area contributed by atoms with Crippen LogP contribution < -0.4 is 14.8 Å². The van der Waals surface area contributed by atoms with Gasteiger partial charge in [-0.3, -0.25) is 4.98 Å². The summed E-state index contributed by atoms with van der Waals surface area (Å²) in [5, 5.41) is 3.85. The summed E-state index contributed by atoms with van der Waals surface area (Å²) in [6, 6.07) is 11.7. The van der Waals surface area contributed by atoms with Crippen LogP contribution in [0.15, 0.2) is 53.6 Å². The van der Waals surface area contributed by atoms with Gasteiger partial charge < -0.3 is 10.1 Å². The Morgan fingerprint density at radius 1 is 1.22 bits per heavy atom. The fourth-order valence-corrected chi connectivity index (χ4v) is 4.16. The van der Waals surface area contributed by atoms with Gasteiger partial charge >= 0.3 is 0 Å². The fraction of sp³-hybridized carbons (Fsp3) is 0.211. The molecular weight excluding hydrogens is 367 g/mol. The third kappa shape index (κ3) is 3.72. The van der Waals surface area contributed by atoms with E-state index in [2.05, 4.69) is 15.0 Å². The quantitative estimate of drug-likeness (QED) is 0.593. The molecule has 1 aliphatic carbocycles. The SMILES string of the molecule is COc1cc2nccc(Nc3ccc(S(=N)(=O)NC4CC4)cc3)c2cc1F. The van der Waals surface area contributed by atoms with E-state index in [1.54, 1.807) is 42.6 Å². The molecule has 3 N–H and O–H groups in total. The van der Waals surface area contributed by atoms with Gasteiger partial charge in [-0.15, -0.1) is 0 Å². The van der Waals surface area contributed by atoms with Crippen molar-refractivity contribution in [1.29, 1.82) is 4.78 Å². The van der Waals surface area contributed by atoms with E-state index in [1.807, 2.05) is 0 Å². The van der Waals surface area contributed by atoms with Crippen LogP contribution in [-0.2, 0) is 9.92 Å². The number of nitrogens with one attached hydrogen (secondary N) is 3. The third-order valence-corrected chi connectivity index (χ3v) is 5.99. The molecule has 0 saturated heterocycles. The van der Waals surface area contributed by atoms with E-state index in [4.69, 9.17) is 9.52 Å². The van der Waals surface area contributed by atoms with Gasteiger partial charge in [-0.05, 0) is 49.2 Å². The molecule has 0 radical (unpaired) electrons. The van der Waals surface area contributed by atoms with Gasteiger partial charge in [0.2, 0.25) is 0 Å². The zero-order valence-electron chi connectivity index (χ0n) is 14.7. The van der Waals surface area contributed by atoms with Crippen molar-refractivity contribution in [3.63, 3.8) is 0 Å². The largest absolute Gasteiger partial charge is 0.494 e. The summed E-state index contributed by atoms with van der Waals surface area (Å²) in [5.41, 5.74) is 2.04. The number of halogens is 1. The van der Waals surface area contributed by atoms with Crippen LogP contribution in [0.4, 0.5) is 15.8 Å². The first-order valence-corrected chi connectivity index (χ1v) is 10.1. The number of aromatic nitrogens is 1. The van der Waals surface area contributed by atoms with E-state index in [0.29, 0.717) is 21.5 Å². The van der Waals surface area contributed by atoms with Crippen LogP contribution in [0.3, 0.4) is 0 Å². The van der Waals surface area contributed by atoms with Crippen LogP contribution in [0.5, 0.6) is 5.75 Å². The van der Waals surface area contributed by atoms with Gasteiger partial charge in [-0.2, -0.15) is 0 Å². The molecule has 1 aliphatic rings. The minimum absolute atomic E-state index is 0.143. The van der Waals surface area contributed by atoms with Gasteiger partial charge in [0.05, 0.1) is 17.5 Å². The van der Waals surface area contributed by atoms with Gasteiger partial charge in [0.25, 0.3) is 0 Å². The molecule has 1 aromatic heterocycles. The van der Waals surface area contributed by atoms with E-state index < -0.39 is 15.7 Å². The van der Waals surface area contributed by atoms with Gasteiger partial charge in [-0.1, -0.05) is 0 Å². The van der Waals surface area contributed by atoms with Crippen LogP contribution in [0, 0.1) is 10.6 Å². The van der Waals surface area contributed by atoms with Crippen molar-refractivity contribution in [2.45, 2.75) is 23.8 Å². The van der Waals surface area contributed by atoms with Crippen molar-refractivity contribution >= 4 is 32.2 Å². The molecule has 0 spiro atoms. The highest BCUT2D eigenvalue weighted by Gasteiger charge is 2.25. The zero-order chi connectivity index (χ0) is 19.0. The predicted molar refractivity (Wildman–Crippen MR) is 103 cm³/mol. The summed E-state index contributed by atoms with van der Waals surface area (Å²) >= 11 is 0. The molecule has 1 saturated carbocycles. The monoisotopic (exact) mass is 386 g/mol. The number of nitrogens with zero attached hydrogens (tertiary/aromatic N) is 1. The molecule has 8 heteroatoms. The number of hydrogen-bond acceptors (Lipinski definition) is 5. The number of benzene rings is 2. The Bertz CT molecular complexity index is 1100. The molecule has 1 heterocycles. The molecule has 27 heavy (non-hydrogen) atoms. The van der Waals surface area contributed by atoms with E-state index in [-0.39, 0.29) is 11.8 Å². The highest BCUT2D eigenvalue weighted by molar-refractivity contribution is 7.90. The van der Waals surface area contributed by atoms with Gasteiger partial charge in [0.1, 0.15) is 9.92 Å². The molecule has 3 aromatic rings. The van der Waals surface area contributed by atoms with E-state index >= 15 is 0 Å². The Balaban J connectivity index is 1.61. The number of ether oxygens (including phenoxy) is 1. The topological polar surface area (TPSA) is 87.1 Å². The van der Waals surface area contributed by atoms with Crippen LogP contribution in [0.2, 0.25) is 0 Å². The molecule has 4 rings (SSSR count). The summed E-state index contributed by atoms with van der Waals surface area (Å²) in [6.07, 6.45) is 3.56. The second kappa shape index (κ2) is 6.79. The number of hydrogen-bond donors (Lipinski definition) is 3. The highest BCUT2D eigenvalue weighted by atomic mass is 32.2. The highest BCUT2D eigenvalue weighted by Crippen LogP contribution is 2.30. The van der Waals surface area contributed by atoms with Crippen molar-refractivity contribution in [3.05, 3.63) is 54.5 Å². The first-order chi connectivity index (χ1) is 13.0. The fourth-order valence-electron chi connectivity index (χ4n) is 2.80. The lowest BCUT2D eigenvalue weighted by molar-refractivity contribution is 0.387. The smallest absolute Gasteiger partial charge is 0.165 e. The zero-order valence-corrected chi connectivity index (χ0v) is 15.5. The average molecular weight is 386 g/mol. The van der Waals surface area contributed by atoms with E-state index in [1.165, 1.54) is 13.2 Å². The normalized spacial score (nSPS) is 16.1. The maximum Gasteiger partial charge on any atom is 0.165 e. The Labute approximate surface area is 156 Å². The second-order valence-electron chi connectivity index (χ2n) is 6.46. The first-order valence-electron chi connectivity index (χ1n) is 8.52. The van der Waals surface area contributed by atoms with Crippen molar-refractivity contribution < 1.29 is 13.3 Å². The molecule has 0 amide bonds. The molecule has 0 bridgehead atoms. The maximum absolute atomic E-state index is 14.1. The standard InChI is InChI=1S/C19H19FN4O2S/c1-26-19-11-18-15(10-16(19)20)17(8-9-22-18)23-12-4-6-14(7-5-12)27(21,25)24-13-2-3-13/h4-11,13H,2-3H2,1H3,(H,22,23)(H2,21,24,25). The number of pyridine rings is 1. The Morgan fingerprint density at radius 2 is 1.96 bits per heavy atom. The average Bonchev–Trinajstić information content (AvgIpc) is 3.45. The summed E-state index contributed by atoms with van der Waals surface area (Å²) in [4.78, 5) is 4.70. The molecule has 0 aliphatic heterocycles. The first kappa shape index (κ1) is 17.7. The summed E-state index contributed by atoms with van der Waals surface area (Å²) < 4.78 is 42.4. The molecule has 1 fully saturated rings. The lowest BCUT2D eigenvalue weighted by Gasteiger charge is -2.12. The van der Waals surface area contributed by atoms with Crippen LogP contribution in [-0.4, -0.2) is 22.3 Å². The van der Waals surface area contributed by atoms with Crippen molar-refractivity contribution in [2.75, 3.05) is 12.4 Å². The van der Waals surface area contributed by atoms with Gasteiger partial charge in [0, 0.05) is 35.1 Å². The van der Waals surface area contributed by atoms with Crippen LogP contribution >= 0.6 is 0 Å². The third-order valence-electron chi connectivity index (χ3n) is 4.39. The van der Waals surface area contributed by atoms with Gasteiger partial charge in [0.15, 0.2) is 11.6 Å². The molecule has 140 valence electrons. The number of methoxy groups -OCH3 is 1. The van der Waals surface area contributed by atoms with Crippen LogP contribution in [0.1, 0.15) is 12.8 Å². The van der Waals surface area contributed by atoms with E-state index in [9.17, 15) is 8.60 Å². The van der Waals surface area contributed by atoms with Crippen LogP contribution in [0.25, 0.3) is 10.9 Å². The molecule has 6 nitrogen and oxygen atoms in total. The number of fused-ring (bicyclic) bond motifs is 1. The molecular formula is C19H19FN4O2S. The lowest BCUT2D eigenvalue weighted by atomic mass is 10.1. The Morgan fingerprint density at radius 3 is 2.63 bits per heavy atom. The van der Waals surface area contributed by atoms with Gasteiger partial charge in [-0.25, -0.2) is 18.1 Å². The molecule has 1 unspecified atom stereocenters. The lowest BCUT2D eigenvalue weighted by Crippen LogP contribution is -2.24. The van der Waals surface area contributed by atoms with Crippen molar-refractivity contribution in [2.24, 2.45) is 0 Å². The summed E-state index contributed by atoms with van der Waals surface area (Å²) in [6.45, 7) is 0. The minimum atomic E-state index is -2.99. The minimum Gasteiger partial charge on any atom is -0.494 e. The summed E-state index contributed by atoms with van der Waals surface area (Å²) in [7, 11) is -1.57. The number of anilines is 2. The molecule has 2 aromatic carbocycles. The Kier molecular flexibility index (Phi) is 4.45. The second-order valence-corrected chi connectivity index (χ2v) is 8.28.